The van der Waals surface area contributed by atoms with Crippen molar-refractivity contribution in [1.82, 2.24) is 9.29 Å². The van der Waals surface area contributed by atoms with Gasteiger partial charge in [-0.2, -0.15) is 4.31 Å². The zero-order chi connectivity index (χ0) is 14.0. The monoisotopic (exact) mass is 284 g/mol. The van der Waals surface area contributed by atoms with Crippen molar-refractivity contribution in [2.75, 3.05) is 12.0 Å². The van der Waals surface area contributed by atoms with Crippen LogP contribution in [0.4, 0.5) is 5.82 Å². The van der Waals surface area contributed by atoms with Gasteiger partial charge >= 0.3 is 0 Å². The number of hydrogen-bond acceptors (Lipinski definition) is 5. The minimum absolute atomic E-state index is 0.0312. The number of nitrogens with zero attached hydrogens (tertiary/aromatic N) is 2. The highest BCUT2D eigenvalue weighted by Crippen LogP contribution is 2.28. The Labute approximate surface area is 114 Å². The average molecular weight is 284 g/mol. The van der Waals surface area contributed by atoms with Crippen molar-refractivity contribution in [3.8, 4) is 0 Å². The highest BCUT2D eigenvalue weighted by molar-refractivity contribution is 7.89. The Morgan fingerprint density at radius 1 is 1.42 bits per heavy atom. The van der Waals surface area contributed by atoms with Crippen molar-refractivity contribution in [2.45, 2.75) is 37.6 Å². The molecule has 0 amide bonds. The number of nitrogen functional groups attached to an aromatic ring is 1. The molecular formula is C12H20N4O2S. The summed E-state index contributed by atoms with van der Waals surface area (Å²) in [7, 11) is -3.48. The van der Waals surface area contributed by atoms with Crippen molar-refractivity contribution >= 4 is 15.8 Å². The third kappa shape index (κ3) is 2.88. The first-order valence-electron chi connectivity index (χ1n) is 6.39. The molecule has 7 heteroatoms. The SMILES string of the molecule is CC1CCC(C)N(S(=O)(=O)c2ccnc(NN)c2)C1. The first kappa shape index (κ1) is 14.2. The van der Waals surface area contributed by atoms with Crippen LogP contribution in [0.15, 0.2) is 23.2 Å². The van der Waals surface area contributed by atoms with Crippen LogP contribution in [-0.4, -0.2) is 30.3 Å². The number of hydrogen-bond donors (Lipinski definition) is 2. The standard InChI is InChI=1S/C12H20N4O2S/c1-9-3-4-10(2)16(8-9)19(17,18)11-5-6-14-12(7-11)15-13/h5-7,9-10H,3-4,8,13H2,1-2H3,(H,14,15). The Morgan fingerprint density at radius 3 is 2.84 bits per heavy atom. The first-order valence-corrected chi connectivity index (χ1v) is 7.83. The maximum Gasteiger partial charge on any atom is 0.243 e. The predicted molar refractivity (Wildman–Crippen MR) is 73.8 cm³/mol. The van der Waals surface area contributed by atoms with Crippen LogP contribution < -0.4 is 11.3 Å². The molecule has 106 valence electrons. The van der Waals surface area contributed by atoms with Crippen LogP contribution in [0.1, 0.15) is 26.7 Å². The minimum Gasteiger partial charge on any atom is -0.308 e. The molecule has 1 saturated heterocycles. The van der Waals surface area contributed by atoms with E-state index >= 15 is 0 Å². The summed E-state index contributed by atoms with van der Waals surface area (Å²) in [5.74, 6) is 6.00. The van der Waals surface area contributed by atoms with Crippen LogP contribution in [0.25, 0.3) is 0 Å². The molecule has 0 bridgehead atoms. The van der Waals surface area contributed by atoms with E-state index in [-0.39, 0.29) is 10.9 Å². The zero-order valence-electron chi connectivity index (χ0n) is 11.2. The first-order chi connectivity index (χ1) is 8.95. The molecule has 1 aliphatic rings. The number of piperidine rings is 1. The Morgan fingerprint density at radius 2 is 2.16 bits per heavy atom. The Bertz CT molecular complexity index is 546. The fraction of sp³-hybridized carbons (Fsp3) is 0.583. The highest BCUT2D eigenvalue weighted by Gasteiger charge is 2.33. The lowest BCUT2D eigenvalue weighted by atomic mass is 9.97. The van der Waals surface area contributed by atoms with Gasteiger partial charge in [-0.1, -0.05) is 6.92 Å². The topological polar surface area (TPSA) is 88.3 Å². The van der Waals surface area contributed by atoms with Crippen LogP contribution >= 0.6 is 0 Å². The van der Waals surface area contributed by atoms with Gasteiger partial charge in [0.05, 0.1) is 4.90 Å². The molecule has 0 saturated carbocycles. The lowest BCUT2D eigenvalue weighted by Crippen LogP contribution is -2.44. The van der Waals surface area contributed by atoms with Crippen molar-refractivity contribution in [3.05, 3.63) is 18.3 Å². The van der Waals surface area contributed by atoms with Gasteiger partial charge in [-0.05, 0) is 31.7 Å². The third-order valence-corrected chi connectivity index (χ3v) is 5.52. The molecule has 6 nitrogen and oxygen atoms in total. The van der Waals surface area contributed by atoms with Gasteiger partial charge in [-0.15, -0.1) is 0 Å². The average Bonchev–Trinajstić information content (AvgIpc) is 2.41. The number of anilines is 1. The summed E-state index contributed by atoms with van der Waals surface area (Å²) < 4.78 is 26.9. The summed E-state index contributed by atoms with van der Waals surface area (Å²) >= 11 is 0. The second kappa shape index (κ2) is 5.44. The van der Waals surface area contributed by atoms with Crippen LogP contribution in [0, 0.1) is 5.92 Å². The smallest absolute Gasteiger partial charge is 0.243 e. The van der Waals surface area contributed by atoms with Crippen molar-refractivity contribution in [3.63, 3.8) is 0 Å². The molecular weight excluding hydrogens is 264 g/mol. The van der Waals surface area contributed by atoms with E-state index in [1.807, 2.05) is 6.92 Å². The summed E-state index contributed by atoms with van der Waals surface area (Å²) in [6.07, 6.45) is 3.41. The number of nitrogens with two attached hydrogens (primary N) is 1. The fourth-order valence-electron chi connectivity index (χ4n) is 2.37. The van der Waals surface area contributed by atoms with Gasteiger partial charge in [0, 0.05) is 24.8 Å². The van der Waals surface area contributed by atoms with E-state index in [0.29, 0.717) is 18.3 Å². The van der Waals surface area contributed by atoms with Crippen molar-refractivity contribution in [2.24, 2.45) is 11.8 Å². The molecule has 1 fully saturated rings. The van der Waals surface area contributed by atoms with Gasteiger partial charge < -0.3 is 5.43 Å². The van der Waals surface area contributed by atoms with E-state index in [2.05, 4.69) is 17.3 Å². The zero-order valence-corrected chi connectivity index (χ0v) is 12.0. The van der Waals surface area contributed by atoms with Gasteiger partial charge in [0.2, 0.25) is 10.0 Å². The van der Waals surface area contributed by atoms with E-state index < -0.39 is 10.0 Å². The molecule has 1 aromatic heterocycles. The largest absolute Gasteiger partial charge is 0.308 e. The predicted octanol–water partition coefficient (Wildman–Crippen LogP) is 1.18. The quantitative estimate of drug-likeness (QED) is 0.642. The van der Waals surface area contributed by atoms with E-state index in [1.165, 1.54) is 18.3 Å². The van der Waals surface area contributed by atoms with Gasteiger partial charge in [0.15, 0.2) is 0 Å². The summed E-state index contributed by atoms with van der Waals surface area (Å²) in [6.45, 7) is 4.59. The number of nitrogens with one attached hydrogen (secondary N) is 1. The van der Waals surface area contributed by atoms with Gasteiger partial charge in [-0.25, -0.2) is 19.2 Å². The number of rotatable bonds is 3. The minimum atomic E-state index is -3.48. The second-order valence-electron chi connectivity index (χ2n) is 5.13. The van der Waals surface area contributed by atoms with Gasteiger partial charge in [0.25, 0.3) is 0 Å². The molecule has 2 unspecified atom stereocenters. The van der Waals surface area contributed by atoms with Crippen molar-refractivity contribution < 1.29 is 8.42 Å². The molecule has 0 spiro atoms. The Balaban J connectivity index is 2.35. The summed E-state index contributed by atoms with van der Waals surface area (Å²) in [5, 5.41) is 0. The molecule has 2 atom stereocenters. The molecule has 19 heavy (non-hydrogen) atoms. The molecule has 0 aliphatic carbocycles. The van der Waals surface area contributed by atoms with E-state index in [1.54, 1.807) is 4.31 Å². The second-order valence-corrected chi connectivity index (χ2v) is 7.02. The number of aromatic nitrogens is 1. The maximum atomic E-state index is 12.6. The van der Waals surface area contributed by atoms with E-state index in [4.69, 9.17) is 5.84 Å². The van der Waals surface area contributed by atoms with Crippen LogP contribution in [-0.2, 0) is 10.0 Å². The van der Waals surface area contributed by atoms with Crippen LogP contribution in [0.3, 0.4) is 0 Å². The summed E-state index contributed by atoms with van der Waals surface area (Å²) in [4.78, 5) is 4.16. The molecule has 0 radical (unpaired) electrons. The molecule has 3 N–H and O–H groups in total. The summed E-state index contributed by atoms with van der Waals surface area (Å²) in [6, 6.07) is 2.99. The molecule has 0 aromatic carbocycles. The van der Waals surface area contributed by atoms with E-state index in [9.17, 15) is 8.42 Å². The normalized spacial score (nSPS) is 25.2. The molecule has 2 rings (SSSR count). The number of sulfonamides is 1. The maximum absolute atomic E-state index is 12.6. The molecule has 1 aromatic rings. The van der Waals surface area contributed by atoms with Crippen molar-refractivity contribution in [1.29, 1.82) is 0 Å². The van der Waals surface area contributed by atoms with E-state index in [0.717, 1.165) is 12.8 Å². The van der Waals surface area contributed by atoms with Gasteiger partial charge in [0.1, 0.15) is 5.82 Å². The van der Waals surface area contributed by atoms with Gasteiger partial charge in [-0.3, -0.25) is 0 Å². The fourth-order valence-corrected chi connectivity index (χ4v) is 4.16. The molecule has 2 heterocycles. The number of pyridine rings is 1. The Hall–Kier alpha value is -1.18. The summed E-state index contributed by atoms with van der Waals surface area (Å²) in [5.41, 5.74) is 2.37. The molecule has 1 aliphatic heterocycles. The lowest BCUT2D eigenvalue weighted by Gasteiger charge is -2.35. The van der Waals surface area contributed by atoms with Crippen LogP contribution in [0.5, 0.6) is 0 Å². The highest BCUT2D eigenvalue weighted by atomic mass is 32.2. The lowest BCUT2D eigenvalue weighted by molar-refractivity contribution is 0.218. The van der Waals surface area contributed by atoms with Crippen LogP contribution in [0.2, 0.25) is 0 Å². The third-order valence-electron chi connectivity index (χ3n) is 3.55. The Kier molecular flexibility index (Phi) is 4.07. The number of hydrazine groups is 1.